The number of fused-ring (bicyclic) bond motifs is 1. The highest BCUT2D eigenvalue weighted by molar-refractivity contribution is 6.05. The molecule has 0 fully saturated rings. The summed E-state index contributed by atoms with van der Waals surface area (Å²) in [5.41, 5.74) is 5.60. The van der Waals surface area contributed by atoms with Crippen LogP contribution in [0.2, 0.25) is 0 Å². The Labute approximate surface area is 141 Å². The maximum absolute atomic E-state index is 14.4. The van der Waals surface area contributed by atoms with E-state index in [-0.39, 0.29) is 5.82 Å². The van der Waals surface area contributed by atoms with Crippen LogP contribution in [0.25, 0.3) is 33.0 Å². The van der Waals surface area contributed by atoms with Crippen molar-refractivity contribution in [2.45, 2.75) is 6.92 Å². The summed E-state index contributed by atoms with van der Waals surface area (Å²) in [5, 5.41) is 1.62. The molecule has 0 nitrogen and oxygen atoms in total. The lowest BCUT2D eigenvalue weighted by molar-refractivity contribution is 0.640. The van der Waals surface area contributed by atoms with Crippen molar-refractivity contribution in [2.75, 3.05) is 0 Å². The van der Waals surface area contributed by atoms with Gasteiger partial charge in [-0.2, -0.15) is 0 Å². The van der Waals surface area contributed by atoms with Crippen LogP contribution in [0.15, 0.2) is 84.9 Å². The summed E-state index contributed by atoms with van der Waals surface area (Å²) in [6, 6.07) is 27.8. The van der Waals surface area contributed by atoms with E-state index in [4.69, 9.17) is 0 Å². The highest BCUT2D eigenvalue weighted by atomic mass is 19.1. The van der Waals surface area contributed by atoms with E-state index in [0.717, 1.165) is 27.6 Å². The zero-order chi connectivity index (χ0) is 16.5. The summed E-state index contributed by atoms with van der Waals surface area (Å²) < 4.78 is 14.4. The lowest BCUT2D eigenvalue weighted by Crippen LogP contribution is -1.93. The van der Waals surface area contributed by atoms with E-state index in [1.807, 2.05) is 48.5 Å². The van der Waals surface area contributed by atoms with Gasteiger partial charge in [0.15, 0.2) is 0 Å². The zero-order valence-electron chi connectivity index (χ0n) is 13.5. The maximum Gasteiger partial charge on any atom is 0.131 e. The Morgan fingerprint density at radius 2 is 1.17 bits per heavy atom. The average Bonchev–Trinajstić information content (AvgIpc) is 2.63. The third-order valence-electron chi connectivity index (χ3n) is 4.45. The monoisotopic (exact) mass is 312 g/mol. The fraction of sp³-hybridized carbons (Fsp3) is 0.0435. The number of halogens is 1. The molecule has 0 saturated heterocycles. The molecule has 0 amide bonds. The van der Waals surface area contributed by atoms with Crippen LogP contribution in [0, 0.1) is 12.7 Å². The molecule has 0 radical (unpaired) electrons. The average molecular weight is 312 g/mol. The van der Waals surface area contributed by atoms with Crippen molar-refractivity contribution in [3.63, 3.8) is 0 Å². The summed E-state index contributed by atoms with van der Waals surface area (Å²) in [4.78, 5) is 0. The van der Waals surface area contributed by atoms with Crippen LogP contribution < -0.4 is 0 Å². The molecule has 0 saturated carbocycles. The molecular weight excluding hydrogens is 295 g/mol. The Hall–Kier alpha value is -2.93. The van der Waals surface area contributed by atoms with E-state index >= 15 is 0 Å². The summed E-state index contributed by atoms with van der Waals surface area (Å²) >= 11 is 0. The standard InChI is InChI=1S/C23H17F/c1-16-15-20-19(13-8-14-21(20)24)23(18-11-6-3-7-12-18)22(16)17-9-4-2-5-10-17/h2-15H,1H3. The van der Waals surface area contributed by atoms with Crippen molar-refractivity contribution in [2.24, 2.45) is 0 Å². The fourth-order valence-corrected chi connectivity index (χ4v) is 3.40. The molecule has 0 heterocycles. The Balaban J connectivity index is 2.18. The number of benzene rings is 4. The minimum absolute atomic E-state index is 0.174. The van der Waals surface area contributed by atoms with Gasteiger partial charge in [0.2, 0.25) is 0 Å². The van der Waals surface area contributed by atoms with Gasteiger partial charge < -0.3 is 0 Å². The van der Waals surface area contributed by atoms with E-state index in [0.29, 0.717) is 5.39 Å². The number of aryl methyl sites for hydroxylation is 1. The molecule has 0 spiro atoms. The molecule has 0 unspecified atom stereocenters. The van der Waals surface area contributed by atoms with Crippen molar-refractivity contribution < 1.29 is 4.39 Å². The van der Waals surface area contributed by atoms with Gasteiger partial charge in [0.25, 0.3) is 0 Å². The maximum atomic E-state index is 14.4. The molecular formula is C23H17F. The molecule has 0 aliphatic rings. The Bertz CT molecular complexity index is 1000. The van der Waals surface area contributed by atoms with Crippen molar-refractivity contribution in [3.05, 3.63) is 96.3 Å². The quantitative estimate of drug-likeness (QED) is 0.390. The Kier molecular flexibility index (Phi) is 3.62. The number of rotatable bonds is 2. The summed E-state index contributed by atoms with van der Waals surface area (Å²) in [7, 11) is 0. The topological polar surface area (TPSA) is 0 Å². The van der Waals surface area contributed by atoms with Gasteiger partial charge in [-0.15, -0.1) is 0 Å². The molecule has 116 valence electrons. The van der Waals surface area contributed by atoms with Crippen molar-refractivity contribution in [3.8, 4) is 22.3 Å². The Morgan fingerprint density at radius 3 is 1.79 bits per heavy atom. The van der Waals surface area contributed by atoms with E-state index in [1.54, 1.807) is 6.07 Å². The lowest BCUT2D eigenvalue weighted by Gasteiger charge is -2.17. The summed E-state index contributed by atoms with van der Waals surface area (Å²) in [6.45, 7) is 2.06. The van der Waals surface area contributed by atoms with Crippen molar-refractivity contribution in [1.29, 1.82) is 0 Å². The molecule has 0 N–H and O–H groups in total. The van der Waals surface area contributed by atoms with Crippen LogP contribution >= 0.6 is 0 Å². The second-order valence-corrected chi connectivity index (χ2v) is 6.01. The van der Waals surface area contributed by atoms with Gasteiger partial charge in [-0.3, -0.25) is 0 Å². The van der Waals surface area contributed by atoms with Gasteiger partial charge in [-0.1, -0.05) is 72.8 Å². The first-order chi connectivity index (χ1) is 11.8. The predicted molar refractivity (Wildman–Crippen MR) is 99.5 cm³/mol. The van der Waals surface area contributed by atoms with Crippen LogP contribution in [0.4, 0.5) is 4.39 Å². The van der Waals surface area contributed by atoms with Crippen LogP contribution in [-0.2, 0) is 0 Å². The molecule has 0 aliphatic carbocycles. The first-order valence-electron chi connectivity index (χ1n) is 8.08. The smallest absolute Gasteiger partial charge is 0.131 e. The Morgan fingerprint density at radius 1 is 0.583 bits per heavy atom. The summed E-state index contributed by atoms with van der Waals surface area (Å²) in [6.07, 6.45) is 0. The van der Waals surface area contributed by atoms with Gasteiger partial charge in [0, 0.05) is 5.39 Å². The van der Waals surface area contributed by atoms with Gasteiger partial charge in [-0.25, -0.2) is 4.39 Å². The van der Waals surface area contributed by atoms with Crippen LogP contribution in [0.3, 0.4) is 0 Å². The highest BCUT2D eigenvalue weighted by Crippen LogP contribution is 2.40. The van der Waals surface area contributed by atoms with Crippen molar-refractivity contribution >= 4 is 10.8 Å². The second kappa shape index (κ2) is 5.93. The largest absolute Gasteiger partial charge is 0.206 e. The minimum Gasteiger partial charge on any atom is -0.206 e. The van der Waals surface area contributed by atoms with Crippen LogP contribution in [0.5, 0.6) is 0 Å². The molecule has 4 aromatic carbocycles. The normalized spacial score (nSPS) is 10.9. The molecule has 4 rings (SSSR count). The fourth-order valence-electron chi connectivity index (χ4n) is 3.40. The lowest BCUT2D eigenvalue weighted by atomic mass is 9.86. The third kappa shape index (κ3) is 2.39. The summed E-state index contributed by atoms with van der Waals surface area (Å²) in [5.74, 6) is -0.174. The molecule has 4 aromatic rings. The third-order valence-corrected chi connectivity index (χ3v) is 4.45. The molecule has 0 aromatic heterocycles. The van der Waals surface area contributed by atoms with E-state index < -0.39 is 0 Å². The first kappa shape index (κ1) is 14.6. The van der Waals surface area contributed by atoms with E-state index in [2.05, 4.69) is 31.2 Å². The molecule has 1 heteroatoms. The number of hydrogen-bond acceptors (Lipinski definition) is 0. The van der Waals surface area contributed by atoms with Gasteiger partial charge in [0.05, 0.1) is 0 Å². The first-order valence-corrected chi connectivity index (χ1v) is 8.08. The number of hydrogen-bond donors (Lipinski definition) is 0. The highest BCUT2D eigenvalue weighted by Gasteiger charge is 2.16. The minimum atomic E-state index is -0.174. The van der Waals surface area contributed by atoms with Gasteiger partial charge in [0.1, 0.15) is 5.82 Å². The van der Waals surface area contributed by atoms with E-state index in [1.165, 1.54) is 11.6 Å². The SMILES string of the molecule is Cc1cc2c(F)cccc2c(-c2ccccc2)c1-c1ccccc1. The zero-order valence-corrected chi connectivity index (χ0v) is 13.5. The molecule has 0 bridgehead atoms. The predicted octanol–water partition coefficient (Wildman–Crippen LogP) is 6.62. The van der Waals surface area contributed by atoms with Gasteiger partial charge in [-0.05, 0) is 52.3 Å². The van der Waals surface area contributed by atoms with Crippen molar-refractivity contribution in [1.82, 2.24) is 0 Å². The van der Waals surface area contributed by atoms with Crippen LogP contribution in [0.1, 0.15) is 5.56 Å². The van der Waals surface area contributed by atoms with E-state index in [9.17, 15) is 4.39 Å². The second-order valence-electron chi connectivity index (χ2n) is 6.01. The molecule has 0 aliphatic heterocycles. The van der Waals surface area contributed by atoms with Gasteiger partial charge >= 0.3 is 0 Å². The van der Waals surface area contributed by atoms with Crippen LogP contribution in [-0.4, -0.2) is 0 Å². The molecule has 0 atom stereocenters. The molecule has 24 heavy (non-hydrogen) atoms.